The van der Waals surface area contributed by atoms with Crippen LogP contribution in [0.1, 0.15) is 22.8 Å². The fourth-order valence-corrected chi connectivity index (χ4v) is 1.21. The van der Waals surface area contributed by atoms with Crippen molar-refractivity contribution in [3.63, 3.8) is 0 Å². The number of hydrogen-bond acceptors (Lipinski definition) is 3. The van der Waals surface area contributed by atoms with E-state index in [1.165, 1.54) is 0 Å². The number of carbonyl (C=O) groups is 1. The largest absolute Gasteiger partial charge is 0.496 e. The zero-order valence-corrected chi connectivity index (χ0v) is 9.61. The lowest BCUT2D eigenvalue weighted by Gasteiger charge is -2.09. The van der Waals surface area contributed by atoms with Crippen LogP contribution in [0.5, 0.6) is 5.75 Å². The highest BCUT2D eigenvalue weighted by Gasteiger charge is 2.11. The van der Waals surface area contributed by atoms with Gasteiger partial charge in [0.25, 0.3) is 0 Å². The molecule has 1 aromatic rings. The second-order valence-corrected chi connectivity index (χ2v) is 3.40. The van der Waals surface area contributed by atoms with E-state index in [9.17, 15) is 4.79 Å². The molecule has 3 heteroatoms. The average Bonchev–Trinajstić information content (AvgIpc) is 2.29. The molecule has 16 heavy (non-hydrogen) atoms. The van der Waals surface area contributed by atoms with Gasteiger partial charge >= 0.3 is 5.97 Å². The lowest BCUT2D eigenvalue weighted by atomic mass is 10.1. The van der Waals surface area contributed by atoms with E-state index in [0.29, 0.717) is 11.3 Å². The van der Waals surface area contributed by atoms with Gasteiger partial charge in [0.1, 0.15) is 5.75 Å². The van der Waals surface area contributed by atoms with Crippen LogP contribution in [0.3, 0.4) is 0 Å². The zero-order valence-electron chi connectivity index (χ0n) is 9.61. The van der Waals surface area contributed by atoms with Crippen molar-refractivity contribution in [2.24, 2.45) is 0 Å². The fraction of sp³-hybridized carbons (Fsp3) is 0.308. The van der Waals surface area contributed by atoms with Gasteiger partial charge in [-0.1, -0.05) is 12.0 Å². The highest BCUT2D eigenvalue weighted by Crippen LogP contribution is 2.19. The van der Waals surface area contributed by atoms with Crippen LogP contribution in [0, 0.1) is 19.3 Å². The Kier molecular flexibility index (Phi) is 3.96. The van der Waals surface area contributed by atoms with Gasteiger partial charge < -0.3 is 9.47 Å². The Morgan fingerprint density at radius 1 is 1.50 bits per heavy atom. The van der Waals surface area contributed by atoms with Crippen molar-refractivity contribution in [3.05, 3.63) is 29.3 Å². The first-order chi connectivity index (χ1) is 7.58. The molecule has 1 atom stereocenters. The summed E-state index contributed by atoms with van der Waals surface area (Å²) in [5, 5.41) is 0. The van der Waals surface area contributed by atoms with Gasteiger partial charge in [0.15, 0.2) is 6.10 Å². The summed E-state index contributed by atoms with van der Waals surface area (Å²) < 4.78 is 10.1. The number of terminal acetylenes is 1. The molecule has 0 aromatic heterocycles. The summed E-state index contributed by atoms with van der Waals surface area (Å²) in [7, 11) is 1.56. The number of aryl methyl sites for hydroxylation is 1. The van der Waals surface area contributed by atoms with Crippen LogP contribution in [0.15, 0.2) is 18.2 Å². The predicted molar refractivity (Wildman–Crippen MR) is 61.4 cm³/mol. The van der Waals surface area contributed by atoms with E-state index in [0.717, 1.165) is 5.56 Å². The summed E-state index contributed by atoms with van der Waals surface area (Å²) in [6.07, 6.45) is 4.60. The van der Waals surface area contributed by atoms with Crippen molar-refractivity contribution in [2.75, 3.05) is 7.11 Å². The summed E-state index contributed by atoms with van der Waals surface area (Å²) in [5.41, 5.74) is 1.40. The van der Waals surface area contributed by atoms with Crippen LogP contribution < -0.4 is 4.74 Å². The summed E-state index contributed by atoms with van der Waals surface area (Å²) in [6.45, 7) is 3.54. The second-order valence-electron chi connectivity index (χ2n) is 3.40. The molecule has 1 unspecified atom stereocenters. The minimum absolute atomic E-state index is 0.435. The molecular weight excluding hydrogens is 204 g/mol. The first-order valence-corrected chi connectivity index (χ1v) is 4.90. The number of ether oxygens (including phenoxy) is 2. The van der Waals surface area contributed by atoms with Gasteiger partial charge in [-0.25, -0.2) is 4.79 Å². The Morgan fingerprint density at radius 2 is 2.19 bits per heavy atom. The molecule has 0 spiro atoms. The molecule has 1 aromatic carbocycles. The number of rotatable bonds is 3. The maximum absolute atomic E-state index is 11.6. The molecule has 3 nitrogen and oxygen atoms in total. The molecule has 0 aliphatic carbocycles. The number of carbonyl (C=O) groups excluding carboxylic acids is 1. The summed E-state index contributed by atoms with van der Waals surface area (Å²) in [5.74, 6) is 2.55. The lowest BCUT2D eigenvalue weighted by molar-refractivity contribution is 0.0438. The Labute approximate surface area is 95.4 Å². The van der Waals surface area contributed by atoms with E-state index in [4.69, 9.17) is 15.9 Å². The van der Waals surface area contributed by atoms with Crippen molar-refractivity contribution in [2.45, 2.75) is 20.0 Å². The number of benzene rings is 1. The van der Waals surface area contributed by atoms with Crippen molar-refractivity contribution < 1.29 is 14.3 Å². The van der Waals surface area contributed by atoms with E-state index in [-0.39, 0.29) is 0 Å². The zero-order chi connectivity index (χ0) is 12.1. The molecular formula is C13H14O3. The molecule has 0 radical (unpaired) electrons. The Bertz CT molecular complexity index is 429. The monoisotopic (exact) mass is 218 g/mol. The molecule has 0 bridgehead atoms. The quantitative estimate of drug-likeness (QED) is 0.576. The molecule has 0 saturated carbocycles. The summed E-state index contributed by atoms with van der Waals surface area (Å²) in [4.78, 5) is 11.6. The van der Waals surface area contributed by atoms with E-state index in [1.807, 2.05) is 6.92 Å². The van der Waals surface area contributed by atoms with Crippen LogP contribution in [-0.4, -0.2) is 19.2 Å². The number of methoxy groups -OCH3 is 1. The first-order valence-electron chi connectivity index (χ1n) is 4.90. The Balaban J connectivity index is 2.89. The van der Waals surface area contributed by atoms with Crippen LogP contribution in [0.2, 0.25) is 0 Å². The second kappa shape index (κ2) is 5.22. The molecule has 0 fully saturated rings. The van der Waals surface area contributed by atoms with E-state index in [1.54, 1.807) is 32.2 Å². The van der Waals surface area contributed by atoms with Crippen LogP contribution in [-0.2, 0) is 4.74 Å². The standard InChI is InChI=1S/C13H14O3/c1-5-10(3)16-13(14)11-7-6-9(2)12(8-11)15-4/h1,6-8,10H,2-4H3. The molecule has 0 aliphatic rings. The van der Waals surface area contributed by atoms with Crippen molar-refractivity contribution >= 4 is 5.97 Å². The maximum atomic E-state index is 11.6. The van der Waals surface area contributed by atoms with E-state index in [2.05, 4.69) is 5.92 Å². The topological polar surface area (TPSA) is 35.5 Å². The number of hydrogen-bond donors (Lipinski definition) is 0. The average molecular weight is 218 g/mol. The minimum atomic E-state index is -0.528. The van der Waals surface area contributed by atoms with Gasteiger partial charge in [-0.3, -0.25) is 0 Å². The summed E-state index contributed by atoms with van der Waals surface area (Å²) in [6, 6.07) is 5.13. The van der Waals surface area contributed by atoms with Gasteiger partial charge in [-0.2, -0.15) is 0 Å². The molecule has 0 saturated heterocycles. The Hall–Kier alpha value is -1.95. The normalized spacial score (nSPS) is 11.4. The lowest BCUT2D eigenvalue weighted by Crippen LogP contribution is -2.13. The van der Waals surface area contributed by atoms with Gasteiger partial charge in [0, 0.05) is 0 Å². The molecule has 0 aliphatic heterocycles. The molecule has 0 heterocycles. The van der Waals surface area contributed by atoms with Crippen molar-refractivity contribution in [3.8, 4) is 18.1 Å². The fourth-order valence-electron chi connectivity index (χ4n) is 1.21. The highest BCUT2D eigenvalue weighted by molar-refractivity contribution is 5.90. The third-order valence-corrected chi connectivity index (χ3v) is 2.16. The van der Waals surface area contributed by atoms with Gasteiger partial charge in [0.2, 0.25) is 0 Å². The molecule has 1 rings (SSSR count). The van der Waals surface area contributed by atoms with Gasteiger partial charge in [0.05, 0.1) is 12.7 Å². The van der Waals surface area contributed by atoms with Crippen LogP contribution in [0.4, 0.5) is 0 Å². The maximum Gasteiger partial charge on any atom is 0.339 e. The van der Waals surface area contributed by atoms with Crippen molar-refractivity contribution in [1.29, 1.82) is 0 Å². The van der Waals surface area contributed by atoms with Crippen molar-refractivity contribution in [1.82, 2.24) is 0 Å². The van der Waals surface area contributed by atoms with E-state index >= 15 is 0 Å². The third kappa shape index (κ3) is 2.77. The molecule has 0 amide bonds. The highest BCUT2D eigenvalue weighted by atomic mass is 16.5. The smallest absolute Gasteiger partial charge is 0.339 e. The summed E-state index contributed by atoms with van der Waals surface area (Å²) >= 11 is 0. The van der Waals surface area contributed by atoms with Gasteiger partial charge in [-0.15, -0.1) is 6.42 Å². The third-order valence-electron chi connectivity index (χ3n) is 2.16. The molecule has 0 N–H and O–H groups in total. The van der Waals surface area contributed by atoms with Crippen LogP contribution in [0.25, 0.3) is 0 Å². The van der Waals surface area contributed by atoms with Crippen LogP contribution >= 0.6 is 0 Å². The minimum Gasteiger partial charge on any atom is -0.496 e. The first kappa shape index (κ1) is 12.1. The SMILES string of the molecule is C#CC(C)OC(=O)c1ccc(C)c(OC)c1. The van der Waals surface area contributed by atoms with E-state index < -0.39 is 12.1 Å². The van der Waals surface area contributed by atoms with Gasteiger partial charge in [-0.05, 0) is 31.5 Å². The molecule has 84 valence electrons. The number of esters is 1. The Morgan fingerprint density at radius 3 is 2.75 bits per heavy atom. The predicted octanol–water partition coefficient (Wildman–Crippen LogP) is 2.18.